The summed E-state index contributed by atoms with van der Waals surface area (Å²) in [6, 6.07) is 7.72. The summed E-state index contributed by atoms with van der Waals surface area (Å²) in [6.07, 6.45) is -4.81. The standard InChI is InChI=1S/C15H11ClF3NO4S/c1-24-14(21)10-4-2-3-5-13(10)20-25(22,23)9-6-7-12(16)11(8-9)15(17,18)19/h2-8,20H,1H3. The minimum atomic E-state index is -4.81. The average molecular weight is 394 g/mol. The molecule has 2 rings (SSSR count). The Balaban J connectivity index is 2.47. The molecule has 0 aliphatic rings. The van der Waals surface area contributed by atoms with Crippen LogP contribution in [0.4, 0.5) is 18.9 Å². The molecule has 0 radical (unpaired) electrons. The largest absolute Gasteiger partial charge is 0.465 e. The summed E-state index contributed by atoms with van der Waals surface area (Å²) in [4.78, 5) is 11.0. The van der Waals surface area contributed by atoms with E-state index in [4.69, 9.17) is 11.6 Å². The van der Waals surface area contributed by atoms with E-state index < -0.39 is 37.7 Å². The van der Waals surface area contributed by atoms with Crippen molar-refractivity contribution in [2.75, 3.05) is 11.8 Å². The molecule has 0 atom stereocenters. The van der Waals surface area contributed by atoms with Crippen LogP contribution in [-0.4, -0.2) is 21.5 Å². The Morgan fingerprint density at radius 1 is 1.16 bits per heavy atom. The molecular formula is C15H11ClF3NO4S. The molecule has 134 valence electrons. The normalized spacial score (nSPS) is 11.9. The molecule has 25 heavy (non-hydrogen) atoms. The van der Waals surface area contributed by atoms with Crippen LogP contribution in [-0.2, 0) is 20.9 Å². The quantitative estimate of drug-likeness (QED) is 0.798. The molecule has 5 nitrogen and oxygen atoms in total. The van der Waals surface area contributed by atoms with Crippen molar-refractivity contribution in [1.29, 1.82) is 0 Å². The lowest BCUT2D eigenvalue weighted by atomic mass is 10.2. The second-order valence-corrected chi connectivity index (χ2v) is 6.87. The van der Waals surface area contributed by atoms with Crippen LogP contribution < -0.4 is 4.72 Å². The van der Waals surface area contributed by atoms with E-state index in [0.29, 0.717) is 6.07 Å². The van der Waals surface area contributed by atoms with Crippen LogP contribution in [0.5, 0.6) is 0 Å². The molecule has 0 aliphatic heterocycles. The van der Waals surface area contributed by atoms with Gasteiger partial charge in [-0.3, -0.25) is 4.72 Å². The number of rotatable bonds is 4. The van der Waals surface area contributed by atoms with Crippen molar-refractivity contribution in [1.82, 2.24) is 0 Å². The van der Waals surface area contributed by atoms with Gasteiger partial charge in [-0.25, -0.2) is 13.2 Å². The predicted octanol–water partition coefficient (Wildman–Crippen LogP) is 3.95. The lowest BCUT2D eigenvalue weighted by molar-refractivity contribution is -0.137. The molecule has 10 heteroatoms. The topological polar surface area (TPSA) is 72.5 Å². The molecule has 0 unspecified atom stereocenters. The number of esters is 1. The molecular weight excluding hydrogens is 383 g/mol. The molecule has 0 amide bonds. The highest BCUT2D eigenvalue weighted by molar-refractivity contribution is 7.92. The van der Waals surface area contributed by atoms with Crippen LogP contribution in [0.1, 0.15) is 15.9 Å². The number of ether oxygens (including phenoxy) is 1. The van der Waals surface area contributed by atoms with Gasteiger partial charge in [0.1, 0.15) is 0 Å². The Kier molecular flexibility index (Phi) is 5.28. The number of carbonyl (C=O) groups excluding carboxylic acids is 1. The third-order valence-electron chi connectivity index (χ3n) is 3.13. The Morgan fingerprint density at radius 2 is 1.80 bits per heavy atom. The van der Waals surface area contributed by atoms with E-state index in [1.165, 1.54) is 24.3 Å². The van der Waals surface area contributed by atoms with Crippen molar-refractivity contribution < 1.29 is 31.1 Å². The van der Waals surface area contributed by atoms with Gasteiger partial charge in [-0.2, -0.15) is 13.2 Å². The number of carbonyl (C=O) groups is 1. The van der Waals surface area contributed by atoms with E-state index in [0.717, 1.165) is 19.2 Å². The van der Waals surface area contributed by atoms with Gasteiger partial charge >= 0.3 is 12.1 Å². The second kappa shape index (κ2) is 6.93. The van der Waals surface area contributed by atoms with Gasteiger partial charge in [0, 0.05) is 0 Å². The van der Waals surface area contributed by atoms with E-state index in [2.05, 4.69) is 9.46 Å². The maximum atomic E-state index is 12.9. The first kappa shape index (κ1) is 19.1. The lowest BCUT2D eigenvalue weighted by Gasteiger charge is -2.14. The zero-order valence-corrected chi connectivity index (χ0v) is 14.2. The van der Waals surface area contributed by atoms with Gasteiger partial charge < -0.3 is 4.74 Å². The number of halogens is 4. The summed E-state index contributed by atoms with van der Waals surface area (Å²) in [5.41, 5.74) is -1.49. The number of benzene rings is 2. The van der Waals surface area contributed by atoms with Crippen LogP contribution >= 0.6 is 11.6 Å². The van der Waals surface area contributed by atoms with Crippen LogP contribution in [0.25, 0.3) is 0 Å². The zero-order valence-electron chi connectivity index (χ0n) is 12.6. The lowest BCUT2D eigenvalue weighted by Crippen LogP contribution is -2.17. The van der Waals surface area contributed by atoms with E-state index >= 15 is 0 Å². The number of anilines is 1. The van der Waals surface area contributed by atoms with Gasteiger partial charge in [0.05, 0.1) is 33.8 Å². The zero-order chi connectivity index (χ0) is 18.8. The molecule has 2 aromatic carbocycles. The highest BCUT2D eigenvalue weighted by atomic mass is 35.5. The molecule has 0 aromatic heterocycles. The van der Waals surface area contributed by atoms with Crippen molar-refractivity contribution in [3.63, 3.8) is 0 Å². The fourth-order valence-electron chi connectivity index (χ4n) is 1.95. The second-order valence-electron chi connectivity index (χ2n) is 4.78. The minimum Gasteiger partial charge on any atom is -0.465 e. The van der Waals surface area contributed by atoms with Crippen molar-refractivity contribution in [3.8, 4) is 0 Å². The summed E-state index contributed by atoms with van der Waals surface area (Å²) in [6.45, 7) is 0. The van der Waals surface area contributed by atoms with Gasteiger partial charge in [0.2, 0.25) is 0 Å². The first-order valence-corrected chi connectivity index (χ1v) is 8.49. The molecule has 0 aliphatic carbocycles. The summed E-state index contributed by atoms with van der Waals surface area (Å²) in [5, 5.41) is -0.624. The van der Waals surface area contributed by atoms with Crippen molar-refractivity contribution >= 4 is 33.3 Å². The maximum Gasteiger partial charge on any atom is 0.417 e. The molecule has 1 N–H and O–H groups in total. The minimum absolute atomic E-state index is 0.0846. The smallest absolute Gasteiger partial charge is 0.417 e. The molecule has 0 bridgehead atoms. The number of para-hydroxylation sites is 1. The van der Waals surface area contributed by atoms with Gasteiger partial charge in [-0.05, 0) is 30.3 Å². The van der Waals surface area contributed by atoms with E-state index in [1.807, 2.05) is 0 Å². The van der Waals surface area contributed by atoms with Gasteiger partial charge in [-0.15, -0.1) is 0 Å². The molecule has 0 heterocycles. The van der Waals surface area contributed by atoms with Gasteiger partial charge in [0.15, 0.2) is 0 Å². The Labute approximate surface area is 146 Å². The number of methoxy groups -OCH3 is 1. The first-order chi connectivity index (χ1) is 11.6. The monoisotopic (exact) mass is 393 g/mol. The van der Waals surface area contributed by atoms with Gasteiger partial charge in [-0.1, -0.05) is 23.7 Å². The van der Waals surface area contributed by atoms with Crippen LogP contribution in [0.2, 0.25) is 5.02 Å². The number of hydrogen-bond acceptors (Lipinski definition) is 4. The molecule has 0 fully saturated rings. The van der Waals surface area contributed by atoms with Crippen molar-refractivity contribution in [3.05, 3.63) is 58.6 Å². The third-order valence-corrected chi connectivity index (χ3v) is 4.82. The Bertz CT molecular complexity index is 913. The average Bonchev–Trinajstić information content (AvgIpc) is 2.53. The maximum absolute atomic E-state index is 12.9. The number of sulfonamides is 1. The fourth-order valence-corrected chi connectivity index (χ4v) is 3.28. The molecule has 2 aromatic rings. The van der Waals surface area contributed by atoms with Gasteiger partial charge in [0.25, 0.3) is 10.0 Å². The highest BCUT2D eigenvalue weighted by Crippen LogP contribution is 2.36. The highest BCUT2D eigenvalue weighted by Gasteiger charge is 2.34. The van der Waals surface area contributed by atoms with E-state index in [-0.39, 0.29) is 11.3 Å². The summed E-state index contributed by atoms with van der Waals surface area (Å²) >= 11 is 5.48. The first-order valence-electron chi connectivity index (χ1n) is 6.63. The molecule has 0 saturated carbocycles. The predicted molar refractivity (Wildman–Crippen MR) is 85.0 cm³/mol. The number of alkyl halides is 3. The molecule has 0 spiro atoms. The fraction of sp³-hybridized carbons (Fsp3) is 0.133. The summed E-state index contributed by atoms with van der Waals surface area (Å²) in [7, 11) is -3.28. The third kappa shape index (κ3) is 4.23. The van der Waals surface area contributed by atoms with Crippen molar-refractivity contribution in [2.45, 2.75) is 11.1 Å². The number of hydrogen-bond donors (Lipinski definition) is 1. The van der Waals surface area contributed by atoms with E-state index in [9.17, 15) is 26.4 Å². The Hall–Kier alpha value is -2.26. The number of nitrogens with one attached hydrogen (secondary N) is 1. The van der Waals surface area contributed by atoms with Crippen LogP contribution in [0.15, 0.2) is 47.4 Å². The molecule has 0 saturated heterocycles. The van der Waals surface area contributed by atoms with Crippen LogP contribution in [0, 0.1) is 0 Å². The summed E-state index contributed by atoms with van der Waals surface area (Å²) in [5.74, 6) is -0.801. The summed E-state index contributed by atoms with van der Waals surface area (Å²) < 4.78 is 70.1. The SMILES string of the molecule is COC(=O)c1ccccc1NS(=O)(=O)c1ccc(Cl)c(C(F)(F)F)c1. The van der Waals surface area contributed by atoms with Crippen molar-refractivity contribution in [2.24, 2.45) is 0 Å². The Morgan fingerprint density at radius 3 is 2.40 bits per heavy atom. The van der Waals surface area contributed by atoms with E-state index in [1.54, 1.807) is 0 Å². The van der Waals surface area contributed by atoms with Crippen LogP contribution in [0.3, 0.4) is 0 Å².